The maximum atomic E-state index is 9.18. The molecule has 0 aromatic heterocycles. The SMILES string of the molecule is O/N=C1\CC(c2ccccc2)Sc2ccccc21. The van der Waals surface area contributed by atoms with Crippen molar-refractivity contribution in [2.45, 2.75) is 16.6 Å². The van der Waals surface area contributed by atoms with E-state index >= 15 is 0 Å². The van der Waals surface area contributed by atoms with Gasteiger partial charge in [0.2, 0.25) is 0 Å². The van der Waals surface area contributed by atoms with Crippen LogP contribution in [0.3, 0.4) is 0 Å². The van der Waals surface area contributed by atoms with Crippen LogP contribution in [0, 0.1) is 0 Å². The molecule has 0 spiro atoms. The summed E-state index contributed by atoms with van der Waals surface area (Å²) in [5.74, 6) is 0. The molecule has 3 rings (SSSR count). The number of benzene rings is 2. The van der Waals surface area contributed by atoms with Gasteiger partial charge in [-0.2, -0.15) is 0 Å². The van der Waals surface area contributed by atoms with Crippen molar-refractivity contribution in [3.63, 3.8) is 0 Å². The molecular weight excluding hydrogens is 242 g/mol. The largest absolute Gasteiger partial charge is 0.411 e. The van der Waals surface area contributed by atoms with Crippen LogP contribution in [-0.4, -0.2) is 10.9 Å². The Labute approximate surface area is 110 Å². The Balaban J connectivity index is 2.00. The van der Waals surface area contributed by atoms with E-state index in [0.29, 0.717) is 5.25 Å². The molecule has 90 valence electrons. The van der Waals surface area contributed by atoms with E-state index in [1.54, 1.807) is 0 Å². The van der Waals surface area contributed by atoms with Gasteiger partial charge in [-0.3, -0.25) is 0 Å². The summed E-state index contributed by atoms with van der Waals surface area (Å²) >= 11 is 1.84. The molecule has 0 saturated heterocycles. The van der Waals surface area contributed by atoms with Gasteiger partial charge in [0, 0.05) is 22.1 Å². The standard InChI is InChI=1S/C15H13NOS/c17-16-13-10-15(11-6-2-1-3-7-11)18-14-9-5-4-8-12(13)14/h1-9,15,17H,10H2/b16-13+. The molecule has 0 bridgehead atoms. The molecule has 2 aromatic carbocycles. The first-order valence-corrected chi connectivity index (χ1v) is 6.78. The summed E-state index contributed by atoms with van der Waals surface area (Å²) in [6.45, 7) is 0. The second-order valence-corrected chi connectivity index (χ2v) is 5.51. The number of fused-ring (bicyclic) bond motifs is 1. The molecule has 2 aromatic rings. The van der Waals surface area contributed by atoms with Gasteiger partial charge in [0.25, 0.3) is 0 Å². The molecule has 0 aliphatic carbocycles. The molecule has 1 N–H and O–H groups in total. The van der Waals surface area contributed by atoms with Crippen LogP contribution in [0.1, 0.15) is 22.8 Å². The number of oxime groups is 1. The summed E-state index contributed by atoms with van der Waals surface area (Å²) in [6, 6.07) is 18.5. The summed E-state index contributed by atoms with van der Waals surface area (Å²) < 4.78 is 0. The fraction of sp³-hybridized carbons (Fsp3) is 0.133. The molecule has 1 unspecified atom stereocenters. The first kappa shape index (κ1) is 11.4. The lowest BCUT2D eigenvalue weighted by Gasteiger charge is -2.24. The van der Waals surface area contributed by atoms with Crippen LogP contribution in [-0.2, 0) is 0 Å². The lowest BCUT2D eigenvalue weighted by molar-refractivity contribution is 0.317. The third-order valence-electron chi connectivity index (χ3n) is 3.14. The van der Waals surface area contributed by atoms with Crippen molar-refractivity contribution >= 4 is 17.5 Å². The van der Waals surface area contributed by atoms with E-state index in [9.17, 15) is 5.21 Å². The minimum Gasteiger partial charge on any atom is -0.411 e. The van der Waals surface area contributed by atoms with Gasteiger partial charge < -0.3 is 5.21 Å². The first-order chi connectivity index (χ1) is 8.88. The lowest BCUT2D eigenvalue weighted by Crippen LogP contribution is -2.13. The van der Waals surface area contributed by atoms with Crippen molar-refractivity contribution in [3.8, 4) is 0 Å². The normalized spacial score (nSPS) is 20.7. The number of thioether (sulfide) groups is 1. The molecule has 18 heavy (non-hydrogen) atoms. The summed E-state index contributed by atoms with van der Waals surface area (Å²) in [5, 5.41) is 13.0. The van der Waals surface area contributed by atoms with Gasteiger partial charge in [-0.1, -0.05) is 53.7 Å². The smallest absolute Gasteiger partial charge is 0.0893 e. The van der Waals surface area contributed by atoms with Crippen LogP contribution in [0.25, 0.3) is 0 Å². The van der Waals surface area contributed by atoms with Gasteiger partial charge in [-0.15, -0.1) is 11.8 Å². The van der Waals surface area contributed by atoms with Gasteiger partial charge in [0.15, 0.2) is 0 Å². The monoisotopic (exact) mass is 255 g/mol. The fourth-order valence-corrected chi connectivity index (χ4v) is 3.55. The molecule has 2 nitrogen and oxygen atoms in total. The maximum absolute atomic E-state index is 9.18. The minimum atomic E-state index is 0.326. The Kier molecular flexibility index (Phi) is 3.07. The van der Waals surface area contributed by atoms with Crippen molar-refractivity contribution in [1.29, 1.82) is 0 Å². The second-order valence-electron chi connectivity index (χ2n) is 4.26. The van der Waals surface area contributed by atoms with Crippen molar-refractivity contribution in [3.05, 3.63) is 65.7 Å². The molecule has 1 heterocycles. The molecule has 0 radical (unpaired) electrons. The minimum absolute atomic E-state index is 0.326. The van der Waals surface area contributed by atoms with Gasteiger partial charge in [0.05, 0.1) is 5.71 Å². The van der Waals surface area contributed by atoms with Crippen molar-refractivity contribution in [1.82, 2.24) is 0 Å². The summed E-state index contributed by atoms with van der Waals surface area (Å²) in [7, 11) is 0. The van der Waals surface area contributed by atoms with E-state index in [-0.39, 0.29) is 0 Å². The Morgan fingerprint density at radius 2 is 1.72 bits per heavy atom. The maximum Gasteiger partial charge on any atom is 0.0893 e. The molecular formula is C15H13NOS. The van der Waals surface area contributed by atoms with E-state index < -0.39 is 0 Å². The van der Waals surface area contributed by atoms with Crippen LogP contribution in [0.2, 0.25) is 0 Å². The van der Waals surface area contributed by atoms with E-state index in [0.717, 1.165) is 17.7 Å². The topological polar surface area (TPSA) is 32.6 Å². The predicted molar refractivity (Wildman–Crippen MR) is 74.4 cm³/mol. The summed E-state index contributed by atoms with van der Waals surface area (Å²) in [6.07, 6.45) is 0.766. The molecule has 0 saturated carbocycles. The second kappa shape index (κ2) is 4.86. The number of nitrogens with zero attached hydrogens (tertiary/aromatic N) is 1. The Bertz CT molecular complexity index is 580. The summed E-state index contributed by atoms with van der Waals surface area (Å²) in [5.41, 5.74) is 3.11. The summed E-state index contributed by atoms with van der Waals surface area (Å²) in [4.78, 5) is 1.19. The number of hydrogen-bond acceptors (Lipinski definition) is 3. The van der Waals surface area contributed by atoms with E-state index in [1.807, 2.05) is 48.2 Å². The molecule has 1 aliphatic rings. The highest BCUT2D eigenvalue weighted by molar-refractivity contribution is 7.99. The highest BCUT2D eigenvalue weighted by Crippen LogP contribution is 2.44. The lowest BCUT2D eigenvalue weighted by atomic mass is 10.0. The highest BCUT2D eigenvalue weighted by atomic mass is 32.2. The van der Waals surface area contributed by atoms with Crippen molar-refractivity contribution in [2.75, 3.05) is 0 Å². The zero-order valence-electron chi connectivity index (χ0n) is 9.78. The number of rotatable bonds is 1. The highest BCUT2D eigenvalue weighted by Gasteiger charge is 2.25. The van der Waals surface area contributed by atoms with Crippen LogP contribution in [0.15, 0.2) is 64.6 Å². The molecule has 1 atom stereocenters. The predicted octanol–water partition coefficient (Wildman–Crippen LogP) is 4.10. The van der Waals surface area contributed by atoms with Gasteiger partial charge in [-0.05, 0) is 11.6 Å². The molecule has 1 aliphatic heterocycles. The Morgan fingerprint density at radius 3 is 2.50 bits per heavy atom. The zero-order chi connectivity index (χ0) is 12.4. The third-order valence-corrected chi connectivity index (χ3v) is 4.47. The van der Waals surface area contributed by atoms with Crippen LogP contribution in [0.4, 0.5) is 0 Å². The zero-order valence-corrected chi connectivity index (χ0v) is 10.6. The fourth-order valence-electron chi connectivity index (χ4n) is 2.24. The van der Waals surface area contributed by atoms with Crippen LogP contribution < -0.4 is 0 Å². The van der Waals surface area contributed by atoms with E-state index in [2.05, 4.69) is 23.4 Å². The van der Waals surface area contributed by atoms with Crippen LogP contribution >= 0.6 is 11.8 Å². The van der Waals surface area contributed by atoms with Crippen LogP contribution in [0.5, 0.6) is 0 Å². The Morgan fingerprint density at radius 1 is 1.00 bits per heavy atom. The first-order valence-electron chi connectivity index (χ1n) is 5.90. The average molecular weight is 255 g/mol. The van der Waals surface area contributed by atoms with Gasteiger partial charge in [0.1, 0.15) is 0 Å². The molecule has 3 heteroatoms. The molecule has 0 fully saturated rings. The van der Waals surface area contributed by atoms with E-state index in [4.69, 9.17) is 0 Å². The van der Waals surface area contributed by atoms with Gasteiger partial charge in [-0.25, -0.2) is 0 Å². The molecule has 0 amide bonds. The third kappa shape index (κ3) is 2.02. The van der Waals surface area contributed by atoms with Crippen molar-refractivity contribution < 1.29 is 5.21 Å². The van der Waals surface area contributed by atoms with Crippen molar-refractivity contribution in [2.24, 2.45) is 5.16 Å². The van der Waals surface area contributed by atoms with Gasteiger partial charge >= 0.3 is 0 Å². The average Bonchev–Trinajstić information content (AvgIpc) is 2.47. The van der Waals surface area contributed by atoms with E-state index in [1.165, 1.54) is 10.5 Å². The Hall–Kier alpha value is -1.74. The number of hydrogen-bond donors (Lipinski definition) is 1. The quantitative estimate of drug-likeness (QED) is 0.614.